The summed E-state index contributed by atoms with van der Waals surface area (Å²) in [4.78, 5) is 18.4. The molecule has 0 unspecified atom stereocenters. The topological polar surface area (TPSA) is 143 Å². The van der Waals surface area contributed by atoms with Crippen molar-refractivity contribution in [1.82, 2.24) is 14.2 Å². The second-order valence-corrected chi connectivity index (χ2v) is 12.5. The highest BCUT2D eigenvalue weighted by Crippen LogP contribution is 2.32. The number of benzene rings is 1. The number of non-ortho nitro benzene ring substituents is 1. The molecule has 0 aliphatic carbocycles. The van der Waals surface area contributed by atoms with E-state index in [9.17, 15) is 26.9 Å². The van der Waals surface area contributed by atoms with Crippen LogP contribution in [0.2, 0.25) is 0 Å². The molecule has 36 heavy (non-hydrogen) atoms. The number of piperazine rings is 1. The van der Waals surface area contributed by atoms with E-state index < -0.39 is 25.1 Å². The Morgan fingerprint density at radius 3 is 2.33 bits per heavy atom. The van der Waals surface area contributed by atoms with Crippen molar-refractivity contribution in [3.8, 4) is 0 Å². The Balaban J connectivity index is 1.85. The van der Waals surface area contributed by atoms with E-state index in [0.29, 0.717) is 31.5 Å². The molecular formula is C21H28BrN5O7S2. The van der Waals surface area contributed by atoms with Crippen molar-refractivity contribution in [2.75, 3.05) is 62.4 Å². The summed E-state index contributed by atoms with van der Waals surface area (Å²) >= 11 is 3.32. The van der Waals surface area contributed by atoms with Gasteiger partial charge in [-0.2, -0.15) is 12.7 Å². The van der Waals surface area contributed by atoms with Crippen LogP contribution in [-0.2, 0) is 30.9 Å². The number of hydrogen-bond acceptors (Lipinski definition) is 10. The third-order valence-corrected chi connectivity index (χ3v) is 8.49. The molecule has 0 radical (unpaired) electrons. The number of rotatable bonds is 12. The molecule has 0 amide bonds. The minimum Gasteiger partial charge on any atom is -0.367 e. The number of halogens is 1. The van der Waals surface area contributed by atoms with E-state index in [0.717, 1.165) is 17.9 Å². The maximum atomic E-state index is 13.7. The lowest BCUT2D eigenvalue weighted by atomic mass is 10.2. The molecule has 3 rings (SSSR count). The number of nitrogens with zero attached hydrogens (tertiary/aromatic N) is 5. The van der Waals surface area contributed by atoms with E-state index in [1.165, 1.54) is 16.4 Å². The van der Waals surface area contributed by atoms with Gasteiger partial charge in [0.05, 0.1) is 23.5 Å². The number of aromatic nitrogens is 1. The fraction of sp³-hybridized carbons (Fsp3) is 0.476. The van der Waals surface area contributed by atoms with Crippen LogP contribution >= 0.6 is 15.9 Å². The number of alkyl halides is 1. The van der Waals surface area contributed by atoms with Gasteiger partial charge >= 0.3 is 0 Å². The molecule has 0 saturated carbocycles. The van der Waals surface area contributed by atoms with Crippen LogP contribution in [0.15, 0.2) is 47.6 Å². The molecule has 0 N–H and O–H groups in total. The lowest BCUT2D eigenvalue weighted by molar-refractivity contribution is -0.385. The van der Waals surface area contributed by atoms with Gasteiger partial charge in [0, 0.05) is 75.7 Å². The van der Waals surface area contributed by atoms with Crippen molar-refractivity contribution in [2.45, 2.75) is 11.4 Å². The summed E-state index contributed by atoms with van der Waals surface area (Å²) < 4.78 is 56.3. The first-order chi connectivity index (χ1) is 17.0. The van der Waals surface area contributed by atoms with Crippen LogP contribution in [0.1, 0.15) is 5.56 Å². The highest BCUT2D eigenvalue weighted by molar-refractivity contribution is 9.09. The smallest absolute Gasteiger partial charge is 0.270 e. The van der Waals surface area contributed by atoms with Gasteiger partial charge in [-0.3, -0.25) is 24.2 Å². The zero-order chi connectivity index (χ0) is 26.3. The molecule has 198 valence electrons. The Hall–Kier alpha value is -2.17. The van der Waals surface area contributed by atoms with Crippen LogP contribution in [0.5, 0.6) is 0 Å². The van der Waals surface area contributed by atoms with Gasteiger partial charge in [0.1, 0.15) is 4.90 Å². The summed E-state index contributed by atoms with van der Waals surface area (Å²) in [6.45, 7) is 2.31. The largest absolute Gasteiger partial charge is 0.367 e. The maximum Gasteiger partial charge on any atom is 0.270 e. The van der Waals surface area contributed by atoms with Gasteiger partial charge in [-0.15, -0.1) is 0 Å². The van der Waals surface area contributed by atoms with Crippen molar-refractivity contribution in [3.63, 3.8) is 0 Å². The summed E-state index contributed by atoms with van der Waals surface area (Å²) in [7, 11) is -7.77. The van der Waals surface area contributed by atoms with E-state index in [1.807, 2.05) is 12.1 Å². The lowest BCUT2D eigenvalue weighted by Crippen LogP contribution is -2.48. The summed E-state index contributed by atoms with van der Waals surface area (Å²) in [6.07, 6.45) is 4.34. The predicted octanol–water partition coefficient (Wildman–Crippen LogP) is 1.67. The van der Waals surface area contributed by atoms with Crippen molar-refractivity contribution >= 4 is 47.4 Å². The molecule has 1 aromatic carbocycles. The van der Waals surface area contributed by atoms with Gasteiger partial charge in [-0.05, 0) is 23.8 Å². The van der Waals surface area contributed by atoms with Gasteiger partial charge in [0.25, 0.3) is 15.8 Å². The van der Waals surface area contributed by atoms with E-state index >= 15 is 0 Å². The minimum atomic E-state index is -4.09. The monoisotopic (exact) mass is 605 g/mol. The summed E-state index contributed by atoms with van der Waals surface area (Å²) in [6, 6.07) is 7.50. The Morgan fingerprint density at radius 1 is 1.08 bits per heavy atom. The number of anilines is 1. The first-order valence-corrected chi connectivity index (χ1v) is 15.4. The molecule has 1 aromatic heterocycles. The van der Waals surface area contributed by atoms with Gasteiger partial charge in [-0.25, -0.2) is 8.42 Å². The van der Waals surface area contributed by atoms with Crippen molar-refractivity contribution in [1.29, 1.82) is 0 Å². The first-order valence-electron chi connectivity index (χ1n) is 11.1. The molecule has 15 heteroatoms. The third kappa shape index (κ3) is 7.66. The van der Waals surface area contributed by atoms with E-state index in [2.05, 4.69) is 25.8 Å². The van der Waals surface area contributed by atoms with Crippen LogP contribution in [-0.4, -0.2) is 93.4 Å². The van der Waals surface area contributed by atoms with Crippen LogP contribution in [0.4, 0.5) is 11.4 Å². The quantitative estimate of drug-likeness (QED) is 0.152. The second-order valence-electron chi connectivity index (χ2n) is 8.15. The van der Waals surface area contributed by atoms with Crippen molar-refractivity contribution < 1.29 is 25.9 Å². The van der Waals surface area contributed by atoms with Crippen LogP contribution in [0.25, 0.3) is 0 Å². The number of hydrogen-bond donors (Lipinski definition) is 0. The van der Waals surface area contributed by atoms with E-state index in [1.54, 1.807) is 17.3 Å². The van der Waals surface area contributed by atoms with Gasteiger partial charge in [0.15, 0.2) is 0 Å². The molecular weight excluding hydrogens is 578 g/mol. The third-order valence-electron chi connectivity index (χ3n) is 5.61. The molecule has 1 fully saturated rings. The molecule has 0 spiro atoms. The highest BCUT2D eigenvalue weighted by Gasteiger charge is 2.33. The Kier molecular flexibility index (Phi) is 9.77. The average molecular weight is 607 g/mol. The zero-order valence-electron chi connectivity index (χ0n) is 19.7. The second kappa shape index (κ2) is 12.4. The Labute approximate surface area is 219 Å². The van der Waals surface area contributed by atoms with Crippen LogP contribution in [0, 0.1) is 10.1 Å². The van der Waals surface area contributed by atoms with Crippen molar-refractivity contribution in [3.05, 3.63) is 58.4 Å². The minimum absolute atomic E-state index is 0.0682. The molecule has 12 nitrogen and oxygen atoms in total. The zero-order valence-corrected chi connectivity index (χ0v) is 22.9. The summed E-state index contributed by atoms with van der Waals surface area (Å²) in [5.74, 6) is 0. The first kappa shape index (κ1) is 28.4. The molecule has 1 saturated heterocycles. The molecule has 0 atom stereocenters. The molecule has 0 bridgehead atoms. The Bertz CT molecular complexity index is 1250. The van der Waals surface area contributed by atoms with E-state index in [-0.39, 0.29) is 42.5 Å². The average Bonchev–Trinajstić information content (AvgIpc) is 2.83. The number of nitro groups is 1. The van der Waals surface area contributed by atoms with Gasteiger partial charge in [0.2, 0.25) is 10.0 Å². The van der Waals surface area contributed by atoms with Crippen LogP contribution in [0.3, 0.4) is 0 Å². The van der Waals surface area contributed by atoms with Crippen molar-refractivity contribution in [2.24, 2.45) is 0 Å². The normalized spacial score (nSPS) is 15.6. The number of nitro benzene ring substituents is 1. The predicted molar refractivity (Wildman–Crippen MR) is 138 cm³/mol. The molecule has 1 aliphatic rings. The summed E-state index contributed by atoms with van der Waals surface area (Å²) in [5, 5.41) is 11.9. The number of sulfonamides is 1. The summed E-state index contributed by atoms with van der Waals surface area (Å²) in [5.41, 5.74) is 0.972. The SMILES string of the molecule is CS(=O)(=O)OCCN(CCBr)c1ccc([N+](=O)[O-])cc1S(=O)(=O)N1CCN(Cc2ccncc2)CC1. The standard InChI is InChI=1S/C21H28BrN5O7S2/c1-35(30,31)34-15-14-25(9-6-22)20-3-2-19(27(28)29)16-21(20)36(32,33)26-12-10-24(11-13-26)17-18-4-7-23-8-5-18/h2-5,7-8,16H,6,9-15,17H2,1H3. The maximum absolute atomic E-state index is 13.7. The van der Waals surface area contributed by atoms with E-state index in [4.69, 9.17) is 4.18 Å². The lowest BCUT2D eigenvalue weighted by Gasteiger charge is -2.35. The fourth-order valence-electron chi connectivity index (χ4n) is 3.85. The molecule has 2 heterocycles. The number of pyridine rings is 1. The van der Waals surface area contributed by atoms with Gasteiger partial charge < -0.3 is 4.90 Å². The Morgan fingerprint density at radius 2 is 1.75 bits per heavy atom. The fourth-order valence-corrected chi connectivity index (χ4v) is 6.31. The highest BCUT2D eigenvalue weighted by atomic mass is 79.9. The molecule has 2 aromatic rings. The van der Waals surface area contributed by atoms with Crippen LogP contribution < -0.4 is 4.90 Å². The van der Waals surface area contributed by atoms with Gasteiger partial charge in [-0.1, -0.05) is 15.9 Å². The molecule has 1 aliphatic heterocycles.